The number of aromatic nitrogens is 1. The predicted molar refractivity (Wildman–Crippen MR) is 106 cm³/mol. The molecular weight excluding hydrogens is 382 g/mol. The van der Waals surface area contributed by atoms with Crippen molar-refractivity contribution in [2.24, 2.45) is 0 Å². The zero-order valence-corrected chi connectivity index (χ0v) is 16.8. The van der Waals surface area contributed by atoms with Crippen LogP contribution in [0.1, 0.15) is 41.8 Å². The Balaban J connectivity index is 1.82. The van der Waals surface area contributed by atoms with Gasteiger partial charge in [0, 0.05) is 19.0 Å². The van der Waals surface area contributed by atoms with E-state index in [2.05, 4.69) is 10.3 Å². The van der Waals surface area contributed by atoms with Gasteiger partial charge >= 0.3 is 0 Å². The number of hydroxylamine groups is 1. The van der Waals surface area contributed by atoms with Crippen molar-refractivity contribution in [3.8, 4) is 22.1 Å². The summed E-state index contributed by atoms with van der Waals surface area (Å²) in [6.45, 7) is 0.560. The Bertz CT molecular complexity index is 794. The van der Waals surface area contributed by atoms with Crippen molar-refractivity contribution < 1.29 is 24.3 Å². The van der Waals surface area contributed by atoms with Crippen molar-refractivity contribution in [2.45, 2.75) is 32.1 Å². The molecule has 2 amide bonds. The van der Waals surface area contributed by atoms with Gasteiger partial charge in [-0.3, -0.25) is 14.8 Å². The fourth-order valence-electron chi connectivity index (χ4n) is 2.59. The van der Waals surface area contributed by atoms with Crippen LogP contribution >= 0.6 is 11.3 Å². The lowest BCUT2D eigenvalue weighted by Crippen LogP contribution is -2.23. The summed E-state index contributed by atoms with van der Waals surface area (Å²) in [6.07, 6.45) is 5.17. The van der Waals surface area contributed by atoms with E-state index in [0.29, 0.717) is 40.8 Å². The number of unbranched alkanes of at least 4 members (excludes halogenated alkanes) is 3. The third-order valence-electron chi connectivity index (χ3n) is 4.11. The summed E-state index contributed by atoms with van der Waals surface area (Å²) in [4.78, 5) is 28.1. The number of amides is 2. The lowest BCUT2D eigenvalue weighted by atomic mass is 10.1. The molecule has 0 unspecified atom stereocenters. The van der Waals surface area contributed by atoms with Crippen molar-refractivity contribution in [1.29, 1.82) is 0 Å². The maximum atomic E-state index is 12.3. The monoisotopic (exact) mass is 407 g/mol. The largest absolute Gasteiger partial charge is 0.497 e. The molecule has 0 aliphatic rings. The number of methoxy groups -OCH3 is 2. The minimum atomic E-state index is -0.372. The van der Waals surface area contributed by atoms with Crippen LogP contribution in [0.2, 0.25) is 0 Å². The molecule has 0 fully saturated rings. The van der Waals surface area contributed by atoms with Crippen LogP contribution in [-0.2, 0) is 4.79 Å². The van der Waals surface area contributed by atoms with Crippen LogP contribution in [0, 0.1) is 0 Å². The van der Waals surface area contributed by atoms with E-state index in [1.165, 1.54) is 11.3 Å². The van der Waals surface area contributed by atoms with Crippen molar-refractivity contribution in [3.05, 3.63) is 29.3 Å². The average molecular weight is 407 g/mol. The number of nitrogens with one attached hydrogen (secondary N) is 2. The first kappa shape index (κ1) is 21.6. The molecular formula is C19H25N3O5S. The highest BCUT2D eigenvalue weighted by atomic mass is 32.1. The van der Waals surface area contributed by atoms with E-state index < -0.39 is 0 Å². The molecule has 1 heterocycles. The molecule has 0 radical (unpaired) electrons. The molecule has 0 aliphatic carbocycles. The first-order valence-electron chi connectivity index (χ1n) is 8.98. The average Bonchev–Trinajstić information content (AvgIpc) is 3.22. The number of rotatable bonds is 11. The number of carbonyl (C=O) groups excluding carboxylic acids is 2. The number of carbonyl (C=O) groups is 2. The highest BCUT2D eigenvalue weighted by Crippen LogP contribution is 2.35. The van der Waals surface area contributed by atoms with Gasteiger partial charge in [-0.2, -0.15) is 0 Å². The lowest BCUT2D eigenvalue weighted by molar-refractivity contribution is -0.129. The van der Waals surface area contributed by atoms with Gasteiger partial charge in [-0.1, -0.05) is 12.8 Å². The van der Waals surface area contributed by atoms with Gasteiger partial charge in [0.05, 0.1) is 26.0 Å². The van der Waals surface area contributed by atoms with Gasteiger partial charge in [-0.15, -0.1) is 11.3 Å². The summed E-state index contributed by atoms with van der Waals surface area (Å²) < 4.78 is 10.6. The molecule has 0 spiro atoms. The number of thiazole rings is 1. The second kappa shape index (κ2) is 11.3. The Labute approximate surface area is 167 Å². The fraction of sp³-hybridized carbons (Fsp3) is 0.421. The number of hydrogen-bond donors (Lipinski definition) is 3. The van der Waals surface area contributed by atoms with E-state index >= 15 is 0 Å². The first-order valence-corrected chi connectivity index (χ1v) is 9.80. The molecule has 0 saturated heterocycles. The molecule has 152 valence electrons. The minimum absolute atomic E-state index is 0.157. The second-order valence-corrected chi connectivity index (χ2v) is 7.08. The third-order valence-corrected chi connectivity index (χ3v) is 5.14. The molecule has 8 nitrogen and oxygen atoms in total. The molecule has 0 bridgehead atoms. The second-order valence-electron chi connectivity index (χ2n) is 6.05. The fourth-order valence-corrected chi connectivity index (χ4v) is 3.45. The van der Waals surface area contributed by atoms with Crippen molar-refractivity contribution in [2.75, 3.05) is 20.8 Å². The van der Waals surface area contributed by atoms with Crippen LogP contribution in [-0.4, -0.2) is 42.8 Å². The number of ether oxygens (including phenoxy) is 2. The molecule has 1 aromatic heterocycles. The van der Waals surface area contributed by atoms with E-state index in [1.54, 1.807) is 32.0 Å². The third kappa shape index (κ3) is 6.21. The van der Waals surface area contributed by atoms with Gasteiger partial charge in [0.25, 0.3) is 5.91 Å². The van der Waals surface area contributed by atoms with Gasteiger partial charge in [0.1, 0.15) is 21.4 Å². The highest BCUT2D eigenvalue weighted by molar-refractivity contribution is 7.16. The van der Waals surface area contributed by atoms with Gasteiger partial charge in [0.15, 0.2) is 0 Å². The van der Waals surface area contributed by atoms with E-state index in [9.17, 15) is 9.59 Å². The summed E-state index contributed by atoms with van der Waals surface area (Å²) in [6, 6.07) is 5.46. The molecule has 0 aliphatic heterocycles. The molecule has 2 rings (SSSR count). The van der Waals surface area contributed by atoms with Gasteiger partial charge in [-0.05, 0) is 25.0 Å². The quantitative estimate of drug-likeness (QED) is 0.300. The Morgan fingerprint density at radius 1 is 1.14 bits per heavy atom. The standard InChI is InChI=1S/C19H25N3O5S/c1-26-13-8-9-14(15(11-13)27-2)19-21-12-16(28-19)18(24)20-10-6-4-3-5-7-17(23)22-25/h8-9,11-12,25H,3-7,10H2,1-2H3,(H,20,24)(H,22,23). The molecule has 2 aromatic rings. The summed E-state index contributed by atoms with van der Waals surface area (Å²) in [5.74, 6) is 0.793. The zero-order chi connectivity index (χ0) is 20.4. The van der Waals surface area contributed by atoms with Gasteiger partial charge < -0.3 is 14.8 Å². The summed E-state index contributed by atoms with van der Waals surface area (Å²) in [7, 11) is 3.17. The molecule has 0 saturated carbocycles. The van der Waals surface area contributed by atoms with Crippen molar-refractivity contribution in [3.63, 3.8) is 0 Å². The van der Waals surface area contributed by atoms with Crippen LogP contribution in [0.25, 0.3) is 10.6 Å². The molecule has 1 aromatic carbocycles. The Morgan fingerprint density at radius 3 is 2.64 bits per heavy atom. The molecule has 3 N–H and O–H groups in total. The van der Waals surface area contributed by atoms with E-state index in [0.717, 1.165) is 24.8 Å². The van der Waals surface area contributed by atoms with Crippen LogP contribution in [0.5, 0.6) is 11.5 Å². The van der Waals surface area contributed by atoms with E-state index in [-0.39, 0.29) is 11.8 Å². The maximum absolute atomic E-state index is 12.3. The van der Waals surface area contributed by atoms with Crippen molar-refractivity contribution >= 4 is 23.2 Å². The van der Waals surface area contributed by atoms with Crippen LogP contribution in [0.3, 0.4) is 0 Å². The lowest BCUT2D eigenvalue weighted by Gasteiger charge is -2.08. The van der Waals surface area contributed by atoms with E-state index in [4.69, 9.17) is 14.7 Å². The SMILES string of the molecule is COc1ccc(-c2ncc(C(=O)NCCCCCCC(=O)NO)s2)c(OC)c1. The molecule has 28 heavy (non-hydrogen) atoms. The Morgan fingerprint density at radius 2 is 1.93 bits per heavy atom. The first-order chi connectivity index (χ1) is 13.6. The highest BCUT2D eigenvalue weighted by Gasteiger charge is 2.15. The molecule has 0 atom stereocenters. The number of benzene rings is 1. The van der Waals surface area contributed by atoms with Crippen LogP contribution < -0.4 is 20.3 Å². The van der Waals surface area contributed by atoms with Gasteiger partial charge in [0.2, 0.25) is 5.91 Å². The van der Waals surface area contributed by atoms with Crippen molar-refractivity contribution in [1.82, 2.24) is 15.8 Å². The zero-order valence-electron chi connectivity index (χ0n) is 16.0. The summed E-state index contributed by atoms with van der Waals surface area (Å²) in [5, 5.41) is 12.0. The maximum Gasteiger partial charge on any atom is 0.263 e. The number of nitrogens with zero attached hydrogens (tertiary/aromatic N) is 1. The Kier molecular flexibility index (Phi) is 8.70. The number of hydrogen-bond acceptors (Lipinski definition) is 7. The molecule has 9 heteroatoms. The normalized spacial score (nSPS) is 10.4. The minimum Gasteiger partial charge on any atom is -0.497 e. The summed E-state index contributed by atoms with van der Waals surface area (Å²) >= 11 is 1.30. The Hall–Kier alpha value is -2.65. The van der Waals surface area contributed by atoms with Crippen LogP contribution in [0.15, 0.2) is 24.4 Å². The predicted octanol–water partition coefficient (Wildman–Crippen LogP) is 3.01. The smallest absolute Gasteiger partial charge is 0.263 e. The van der Waals surface area contributed by atoms with E-state index in [1.807, 2.05) is 12.1 Å². The van der Waals surface area contributed by atoms with Crippen LogP contribution in [0.4, 0.5) is 0 Å². The summed E-state index contributed by atoms with van der Waals surface area (Å²) in [5.41, 5.74) is 2.42. The topological polar surface area (TPSA) is 110 Å². The van der Waals surface area contributed by atoms with Gasteiger partial charge in [-0.25, -0.2) is 10.5 Å².